The van der Waals surface area contributed by atoms with Crippen LogP contribution < -0.4 is 55.4 Å². The Morgan fingerprint density at radius 3 is 1.39 bits per heavy atom. The number of terminal acetylenes is 1. The van der Waals surface area contributed by atoms with Crippen LogP contribution in [0.1, 0.15) is 88.9 Å². The number of aryl methyl sites for hydroxylation is 3. The highest BCUT2D eigenvalue weighted by molar-refractivity contribution is 9.10. The number of hydrogen-bond acceptors (Lipinski definition) is 19. The highest BCUT2D eigenvalue weighted by Gasteiger charge is 2.33. The number of hydrogen-bond donors (Lipinski definition) is 5. The zero-order valence-corrected chi connectivity index (χ0v) is 57.1. The molecule has 3 amide bonds. The van der Waals surface area contributed by atoms with Crippen LogP contribution in [0.4, 0.5) is 54.8 Å². The number of benzene rings is 6. The van der Waals surface area contributed by atoms with Gasteiger partial charge in [0.25, 0.3) is 29.1 Å². The highest BCUT2D eigenvalue weighted by atomic mass is 79.9. The summed E-state index contributed by atoms with van der Waals surface area (Å²) in [6.45, 7) is -8.12. The summed E-state index contributed by atoms with van der Waals surface area (Å²) >= 11 is 3.04. The molecule has 28 nitrogen and oxygen atoms in total. The molecule has 6 N–H and O–H groups in total. The number of amides is 3. The fourth-order valence-corrected chi connectivity index (χ4v) is 10.4. The lowest BCUT2D eigenvalue weighted by molar-refractivity contribution is -0.384. The Bertz CT molecular complexity index is 5220. The van der Waals surface area contributed by atoms with Crippen molar-refractivity contribution in [2.75, 3.05) is 32.2 Å². The molecule has 0 saturated heterocycles. The maximum atomic E-state index is 13.3. The van der Waals surface area contributed by atoms with Gasteiger partial charge in [-0.3, -0.25) is 53.2 Å². The second-order valence-corrected chi connectivity index (χ2v) is 24.0. The van der Waals surface area contributed by atoms with Gasteiger partial charge < -0.3 is 55.4 Å². The van der Waals surface area contributed by atoms with E-state index in [2.05, 4.69) is 84.0 Å². The molecule has 0 spiro atoms. The van der Waals surface area contributed by atoms with Crippen molar-refractivity contribution in [3.05, 3.63) is 176 Å². The topological polar surface area (TPSA) is 338 Å². The molecule has 0 unspecified atom stereocenters. The number of aromatic nitrogens is 8. The van der Waals surface area contributed by atoms with Crippen LogP contribution >= 0.6 is 15.9 Å². The number of nitro groups is 2. The van der Waals surface area contributed by atoms with Crippen molar-refractivity contribution < 1.29 is 91.3 Å². The van der Waals surface area contributed by atoms with Gasteiger partial charge in [0.1, 0.15) is 68.9 Å². The van der Waals surface area contributed by atoms with E-state index in [1.165, 1.54) is 59.7 Å². The highest BCUT2D eigenvalue weighted by Crippen LogP contribution is 2.41. The van der Waals surface area contributed by atoms with Gasteiger partial charge in [0.05, 0.1) is 78.6 Å². The van der Waals surface area contributed by atoms with E-state index >= 15 is 0 Å². The molecule has 10 aromatic rings. The molecule has 3 saturated carbocycles. The van der Waals surface area contributed by atoms with Crippen LogP contribution in [0.2, 0.25) is 0 Å². The minimum absolute atomic E-state index is 0.0318. The molecule has 0 aliphatic heterocycles. The first-order valence-corrected chi connectivity index (χ1v) is 31.9. The quantitative estimate of drug-likeness (QED) is 0.0131. The van der Waals surface area contributed by atoms with Crippen LogP contribution in [0.15, 0.2) is 139 Å². The van der Waals surface area contributed by atoms with Crippen molar-refractivity contribution in [2.45, 2.75) is 83.4 Å². The molecule has 13 rings (SSSR count). The number of halogens is 7. The Morgan fingerprint density at radius 2 is 0.962 bits per heavy atom. The van der Waals surface area contributed by atoms with Gasteiger partial charge in [-0.25, -0.2) is 4.98 Å². The number of alkyl halides is 6. The third-order valence-electron chi connectivity index (χ3n) is 15.2. The number of nitrogens with two attached hydrogens (primary N) is 1. The monoisotopic (exact) mass is 1530 g/mol. The van der Waals surface area contributed by atoms with Crippen molar-refractivity contribution in [3.63, 3.8) is 0 Å². The van der Waals surface area contributed by atoms with Gasteiger partial charge in [-0.1, -0.05) is 34.1 Å². The minimum atomic E-state index is -3.35. The number of nitrogen functional groups attached to an aromatic ring is 1. The average molecular weight is 1530 g/mol. The van der Waals surface area contributed by atoms with Crippen molar-refractivity contribution in [1.82, 2.24) is 54.8 Å². The first-order chi connectivity index (χ1) is 53.6. The number of carbonyl (C=O) groups is 3. The maximum absolute atomic E-state index is 13.3. The molecular formula is C70H68BrF6N15O13. The number of methoxy groups -OCH3 is 3. The van der Waals surface area contributed by atoms with Gasteiger partial charge in [-0.05, 0) is 98.5 Å². The zero-order valence-electron chi connectivity index (χ0n) is 64.5. The van der Waals surface area contributed by atoms with E-state index < -0.39 is 108 Å². The van der Waals surface area contributed by atoms with Crippen LogP contribution in [0.25, 0.3) is 50.1 Å². The van der Waals surface area contributed by atoms with E-state index in [-0.39, 0.29) is 68.0 Å². The lowest BCUT2D eigenvalue weighted by atomic mass is 10.1. The van der Waals surface area contributed by atoms with Crippen LogP contribution in [0, 0.1) is 32.6 Å². The predicted octanol–water partition coefficient (Wildman–Crippen LogP) is 13.3. The van der Waals surface area contributed by atoms with E-state index in [1.54, 1.807) is 77.9 Å². The Morgan fingerprint density at radius 1 is 0.581 bits per heavy atom. The lowest BCUT2D eigenvalue weighted by Crippen LogP contribution is -2.27. The van der Waals surface area contributed by atoms with Gasteiger partial charge in [0.2, 0.25) is 0 Å². The Hall–Kier alpha value is -12.4. The second-order valence-electron chi connectivity index (χ2n) is 23.1. The number of carbonyl (C=O) groups excluding carboxylic acids is 3. The Kier molecular flexibility index (Phi) is 21.3. The molecule has 4 aromatic heterocycles. The van der Waals surface area contributed by atoms with Gasteiger partial charge in [0.15, 0.2) is 0 Å². The predicted molar refractivity (Wildman–Crippen MR) is 378 cm³/mol. The van der Waals surface area contributed by atoms with Gasteiger partial charge in [-0.2, -0.15) is 41.6 Å². The molecule has 0 atom stereocenters. The fourth-order valence-electron chi connectivity index (χ4n) is 9.98. The van der Waals surface area contributed by atoms with Crippen molar-refractivity contribution in [3.8, 4) is 85.9 Å². The number of nitrogens with one attached hydrogen (secondary N) is 4. The van der Waals surface area contributed by atoms with E-state index in [4.69, 9.17) is 32.3 Å². The standard InChI is InChI=1S/C23H21F2N5O3.C22H21F2N5O5.C12H12BrF2NO3.C10H10N4O2.C3H4/c1-29-11-14(10-27-29)13-3-6-18-17(7-13)26-12-30(18)16-8-19(32-2)21(20(9-16)33-23(24)25)22(31)28-15-4-5-15;1-28-11-13(10-25-28)12-3-6-16(17(7-12)29(31)32)26-15-8-18(33-2)20(19(9-15)34-22(23)24)21(30)27-14-4-5-14;1-18-8-4-6(13)5-9(19-12(14)15)10(8)11(17)16-7-2-3-7;1-13-6-8(5-12-13)7-2-3-9(11)10(4-7)14(15)16;1-3-2/h3,6-12,15,23H,4-5H2,1-2H3,(H,28,31);3,6-11,14,22,26H,4-5H2,1-2H3,(H,27,30);4-5,7,12H,2-3H2,1H3,(H,16,17);2-6H,11H2,1H3;1H,2H3/i2*2D3;1D3;;. The van der Waals surface area contributed by atoms with Crippen LogP contribution in [0.3, 0.4) is 0 Å². The number of imidazole rings is 1. The number of ether oxygens (including phenoxy) is 6. The molecule has 3 aliphatic carbocycles. The molecule has 0 radical (unpaired) electrons. The summed E-state index contributed by atoms with van der Waals surface area (Å²) in [6, 6.07) is 21.1. The normalized spacial score (nSPS) is 14.3. The summed E-state index contributed by atoms with van der Waals surface area (Å²) < 4.78 is 179. The average Bonchev–Trinajstić information content (AvgIpc) is 1.59. The Balaban J connectivity index is 0.000000180. The minimum Gasteiger partial charge on any atom is -0.496 e. The molecule has 4 heterocycles. The van der Waals surface area contributed by atoms with E-state index in [9.17, 15) is 61.0 Å². The number of nitro benzene ring substituents is 2. The van der Waals surface area contributed by atoms with E-state index in [0.29, 0.717) is 35.0 Å². The molecule has 550 valence electrons. The maximum Gasteiger partial charge on any atom is 0.387 e. The zero-order chi connectivity index (χ0) is 83.4. The largest absolute Gasteiger partial charge is 0.496 e. The molecule has 6 aromatic carbocycles. The number of fused-ring (bicyclic) bond motifs is 1. The molecule has 3 aliphatic rings. The summed E-state index contributed by atoms with van der Waals surface area (Å²) in [5.41, 5.74) is 9.70. The SMILES string of the molecule is C#CC.Cn1cc(-c2ccc(N)c([N+](=O)[O-])c2)cn1.[2H]C([2H])([2H])Oc1cc(-n2cnc3cc(-c4cnn(C)c4)ccc32)cc(OC(F)F)c1C(=O)NC1CC1.[2H]C([2H])([2H])Oc1cc(Br)cc(OC(F)F)c1C(=O)NC1CC1.[2H]C([2H])([2H])Oc1cc(Nc2ccc(-c3cnn(C)c3)cc2[N+](=O)[O-])cc(OC(F)F)c1C(=O)NC1CC1. The number of anilines is 3. The van der Waals surface area contributed by atoms with Crippen LogP contribution in [-0.4, -0.2) is 126 Å². The van der Waals surface area contributed by atoms with Crippen molar-refractivity contribution >= 4 is 73.1 Å². The molecule has 105 heavy (non-hydrogen) atoms. The van der Waals surface area contributed by atoms with E-state index in [0.717, 1.165) is 66.1 Å². The summed E-state index contributed by atoms with van der Waals surface area (Å²) in [5, 5.41) is 45.3. The molecular weight excluding hydrogens is 1450 g/mol. The van der Waals surface area contributed by atoms with Crippen LogP contribution in [0.5, 0.6) is 34.5 Å². The second kappa shape index (κ2) is 34.5. The molecule has 0 bridgehead atoms. The van der Waals surface area contributed by atoms with Gasteiger partial charge in [-0.15, -0.1) is 12.3 Å². The lowest BCUT2D eigenvalue weighted by Gasteiger charge is -2.17. The number of rotatable bonds is 23. The first-order valence-electron chi connectivity index (χ1n) is 35.6. The first kappa shape index (κ1) is 64.7. The van der Waals surface area contributed by atoms with Gasteiger partial charge >= 0.3 is 19.8 Å². The van der Waals surface area contributed by atoms with E-state index in [1.807, 2.05) is 25.4 Å². The summed E-state index contributed by atoms with van der Waals surface area (Å²) in [5.74, 6) is -3.02. The van der Waals surface area contributed by atoms with Crippen molar-refractivity contribution in [2.24, 2.45) is 21.1 Å². The third-order valence-corrected chi connectivity index (χ3v) is 15.6. The van der Waals surface area contributed by atoms with Crippen molar-refractivity contribution in [1.29, 1.82) is 0 Å². The summed E-state index contributed by atoms with van der Waals surface area (Å²) in [4.78, 5) is 63.6. The summed E-state index contributed by atoms with van der Waals surface area (Å²) in [7, 11) is -3.52. The fraction of sp³-hybridized carbons (Fsp3) is 0.271. The molecule has 3 fully saturated rings. The summed E-state index contributed by atoms with van der Waals surface area (Å²) in [6.07, 6.45) is 20.7. The van der Waals surface area contributed by atoms with Crippen LogP contribution in [-0.2, 0) is 21.1 Å². The third kappa shape index (κ3) is 20.5. The number of nitrogens with zero attached hydrogens (tertiary/aromatic N) is 10. The smallest absolute Gasteiger partial charge is 0.387 e. The Labute approximate surface area is 615 Å². The van der Waals surface area contributed by atoms with Gasteiger partial charge in [0, 0.05) is 121 Å². The molecule has 35 heteroatoms.